The summed E-state index contributed by atoms with van der Waals surface area (Å²) < 4.78 is 0. The summed E-state index contributed by atoms with van der Waals surface area (Å²) in [5.74, 6) is -0.198. The molecule has 116 valence electrons. The first-order valence-electron chi connectivity index (χ1n) is 7.54. The third-order valence-corrected chi connectivity index (χ3v) is 3.76. The molecule has 0 aliphatic carbocycles. The van der Waals surface area contributed by atoms with Crippen LogP contribution >= 0.6 is 0 Å². The summed E-state index contributed by atoms with van der Waals surface area (Å²) in [6.45, 7) is 4.06. The molecule has 0 saturated heterocycles. The molecule has 2 aromatic heterocycles. The van der Waals surface area contributed by atoms with Crippen molar-refractivity contribution in [2.45, 2.75) is 20.3 Å². The fourth-order valence-electron chi connectivity index (χ4n) is 2.48. The van der Waals surface area contributed by atoms with Gasteiger partial charge in [-0.2, -0.15) is 5.10 Å². The van der Waals surface area contributed by atoms with E-state index < -0.39 is 0 Å². The second-order valence-corrected chi connectivity index (χ2v) is 5.33. The molecule has 0 fully saturated rings. The zero-order valence-electron chi connectivity index (χ0n) is 13.1. The number of aromatic nitrogens is 3. The molecule has 5 nitrogen and oxygen atoms in total. The van der Waals surface area contributed by atoms with Crippen molar-refractivity contribution >= 4 is 11.6 Å². The number of pyridine rings is 1. The van der Waals surface area contributed by atoms with Gasteiger partial charge < -0.3 is 5.32 Å². The van der Waals surface area contributed by atoms with Crippen LogP contribution in [0.1, 0.15) is 28.5 Å². The van der Waals surface area contributed by atoms with Gasteiger partial charge in [-0.25, -0.2) is 0 Å². The van der Waals surface area contributed by atoms with Crippen molar-refractivity contribution in [3.8, 4) is 11.3 Å². The van der Waals surface area contributed by atoms with E-state index >= 15 is 0 Å². The zero-order chi connectivity index (χ0) is 16.2. The molecule has 0 aliphatic rings. The second kappa shape index (κ2) is 6.44. The average Bonchev–Trinajstić information content (AvgIpc) is 3.07. The first-order valence-corrected chi connectivity index (χ1v) is 7.54. The number of H-pyrrole nitrogens is 1. The molecule has 3 rings (SSSR count). The summed E-state index contributed by atoms with van der Waals surface area (Å²) in [7, 11) is 0. The number of para-hydroxylation sites is 1. The molecule has 0 saturated carbocycles. The molecular formula is C18H18N4O. The Labute approximate surface area is 134 Å². The highest BCUT2D eigenvalue weighted by atomic mass is 16.1. The third-order valence-electron chi connectivity index (χ3n) is 3.76. The highest BCUT2D eigenvalue weighted by molar-refractivity contribution is 6.04. The molecule has 0 unspecified atom stereocenters. The van der Waals surface area contributed by atoms with Gasteiger partial charge in [-0.05, 0) is 42.7 Å². The Hall–Kier alpha value is -2.95. The smallest absolute Gasteiger partial charge is 0.273 e. The molecule has 3 aromatic rings. The van der Waals surface area contributed by atoms with Crippen LogP contribution in [0.2, 0.25) is 0 Å². The van der Waals surface area contributed by atoms with Gasteiger partial charge in [0.05, 0.1) is 5.69 Å². The monoisotopic (exact) mass is 306 g/mol. The summed E-state index contributed by atoms with van der Waals surface area (Å²) in [5, 5.41) is 9.96. The fourth-order valence-corrected chi connectivity index (χ4v) is 2.48. The topological polar surface area (TPSA) is 70.7 Å². The number of nitrogens with one attached hydrogen (secondary N) is 2. The van der Waals surface area contributed by atoms with Gasteiger partial charge in [-0.15, -0.1) is 0 Å². The number of amides is 1. The predicted octanol–water partition coefficient (Wildman–Crippen LogP) is 3.59. The molecule has 2 N–H and O–H groups in total. The summed E-state index contributed by atoms with van der Waals surface area (Å²) in [6, 6.07) is 11.5. The van der Waals surface area contributed by atoms with Crippen molar-refractivity contribution < 1.29 is 4.79 Å². The van der Waals surface area contributed by atoms with Crippen molar-refractivity contribution in [1.82, 2.24) is 15.2 Å². The van der Waals surface area contributed by atoms with Crippen molar-refractivity contribution in [2.75, 3.05) is 5.32 Å². The van der Waals surface area contributed by atoms with Crippen LogP contribution in [0.25, 0.3) is 11.3 Å². The number of benzene rings is 1. The Balaban J connectivity index is 1.84. The van der Waals surface area contributed by atoms with Gasteiger partial charge in [0.2, 0.25) is 0 Å². The lowest BCUT2D eigenvalue weighted by Crippen LogP contribution is -2.14. The van der Waals surface area contributed by atoms with Crippen LogP contribution in [0, 0.1) is 6.92 Å². The van der Waals surface area contributed by atoms with E-state index in [2.05, 4.69) is 27.4 Å². The quantitative estimate of drug-likeness (QED) is 0.773. The van der Waals surface area contributed by atoms with Gasteiger partial charge in [0, 0.05) is 23.6 Å². The van der Waals surface area contributed by atoms with E-state index in [9.17, 15) is 4.79 Å². The second-order valence-electron chi connectivity index (χ2n) is 5.33. The number of aromatic amines is 1. The normalized spacial score (nSPS) is 10.5. The lowest BCUT2D eigenvalue weighted by atomic mass is 10.1. The summed E-state index contributed by atoms with van der Waals surface area (Å²) >= 11 is 0. The molecule has 0 bridgehead atoms. The van der Waals surface area contributed by atoms with Crippen LogP contribution in [-0.4, -0.2) is 21.1 Å². The molecule has 0 radical (unpaired) electrons. The number of nitrogens with zero attached hydrogens (tertiary/aromatic N) is 2. The third kappa shape index (κ3) is 3.13. The van der Waals surface area contributed by atoms with E-state index in [1.54, 1.807) is 18.5 Å². The highest BCUT2D eigenvalue weighted by Gasteiger charge is 2.14. The lowest BCUT2D eigenvalue weighted by molar-refractivity contribution is 0.102. The van der Waals surface area contributed by atoms with Crippen molar-refractivity contribution in [2.24, 2.45) is 0 Å². The van der Waals surface area contributed by atoms with E-state index in [0.717, 1.165) is 28.8 Å². The number of rotatable bonds is 4. The largest absolute Gasteiger partial charge is 0.320 e. The van der Waals surface area contributed by atoms with Gasteiger partial charge >= 0.3 is 0 Å². The minimum Gasteiger partial charge on any atom is -0.320 e. The highest BCUT2D eigenvalue weighted by Crippen LogP contribution is 2.22. The molecule has 5 heteroatoms. The van der Waals surface area contributed by atoms with Crippen LogP contribution in [0.5, 0.6) is 0 Å². The van der Waals surface area contributed by atoms with Crippen molar-refractivity contribution in [3.63, 3.8) is 0 Å². The number of hydrogen-bond donors (Lipinski definition) is 2. The van der Waals surface area contributed by atoms with Crippen LogP contribution in [0.4, 0.5) is 5.69 Å². The Kier molecular flexibility index (Phi) is 4.19. The first-order chi connectivity index (χ1) is 11.2. The maximum Gasteiger partial charge on any atom is 0.273 e. The van der Waals surface area contributed by atoms with E-state index in [-0.39, 0.29) is 5.91 Å². The van der Waals surface area contributed by atoms with Crippen LogP contribution in [-0.2, 0) is 6.42 Å². The Bertz CT molecular complexity index is 824. The number of carbonyl (C=O) groups excluding carboxylic acids is 1. The average molecular weight is 306 g/mol. The van der Waals surface area contributed by atoms with Gasteiger partial charge in [0.1, 0.15) is 5.69 Å². The van der Waals surface area contributed by atoms with E-state index in [1.807, 2.05) is 37.3 Å². The zero-order valence-corrected chi connectivity index (χ0v) is 13.1. The maximum atomic E-state index is 12.5. The fraction of sp³-hybridized carbons (Fsp3) is 0.167. The molecule has 1 aromatic carbocycles. The Morgan fingerprint density at radius 1 is 1.26 bits per heavy atom. The number of hydrogen-bond acceptors (Lipinski definition) is 3. The summed E-state index contributed by atoms with van der Waals surface area (Å²) in [5.41, 5.74) is 5.03. The van der Waals surface area contributed by atoms with Crippen molar-refractivity contribution in [1.29, 1.82) is 0 Å². The predicted molar refractivity (Wildman–Crippen MR) is 90.3 cm³/mol. The van der Waals surface area contributed by atoms with Crippen molar-refractivity contribution in [3.05, 3.63) is 65.6 Å². The van der Waals surface area contributed by atoms with Crippen LogP contribution in [0.15, 0.2) is 48.8 Å². The number of anilines is 1. The molecule has 0 aliphatic heterocycles. The first kappa shape index (κ1) is 15.0. The molecule has 0 atom stereocenters. The van der Waals surface area contributed by atoms with Crippen LogP contribution < -0.4 is 5.32 Å². The molecular weight excluding hydrogens is 288 g/mol. The maximum absolute atomic E-state index is 12.5. The molecule has 2 heterocycles. The molecule has 1 amide bonds. The van der Waals surface area contributed by atoms with E-state index in [1.165, 1.54) is 0 Å². The van der Waals surface area contributed by atoms with Gasteiger partial charge in [0.25, 0.3) is 5.91 Å². The van der Waals surface area contributed by atoms with E-state index in [0.29, 0.717) is 11.4 Å². The minimum absolute atomic E-state index is 0.198. The van der Waals surface area contributed by atoms with Crippen LogP contribution in [0.3, 0.4) is 0 Å². The summed E-state index contributed by atoms with van der Waals surface area (Å²) in [4.78, 5) is 16.5. The summed E-state index contributed by atoms with van der Waals surface area (Å²) in [6.07, 6.45) is 4.28. The van der Waals surface area contributed by atoms with E-state index in [4.69, 9.17) is 0 Å². The van der Waals surface area contributed by atoms with Gasteiger partial charge in [0.15, 0.2) is 0 Å². The standard InChI is InChI=1S/C18H18N4O/c1-3-13-7-4-6-12(2)17(13)20-18(23)16-10-15(21-22-16)14-8-5-9-19-11-14/h4-11H,3H2,1-2H3,(H,20,23)(H,21,22). The molecule has 23 heavy (non-hydrogen) atoms. The number of carbonyl (C=O) groups is 1. The SMILES string of the molecule is CCc1cccc(C)c1NC(=O)c1cc(-c2cccnc2)n[nH]1. The van der Waals surface area contributed by atoms with Gasteiger partial charge in [-0.3, -0.25) is 14.9 Å². The minimum atomic E-state index is -0.198. The number of aryl methyl sites for hydroxylation is 2. The van der Waals surface area contributed by atoms with Gasteiger partial charge in [-0.1, -0.05) is 25.1 Å². The lowest BCUT2D eigenvalue weighted by Gasteiger charge is -2.12. The Morgan fingerprint density at radius 2 is 2.13 bits per heavy atom. The Morgan fingerprint density at radius 3 is 2.87 bits per heavy atom. The molecule has 0 spiro atoms.